The Morgan fingerprint density at radius 3 is 2.63 bits per heavy atom. The van der Waals surface area contributed by atoms with E-state index >= 15 is 0 Å². The monoisotopic (exact) mass is 285 g/mol. The van der Waals surface area contributed by atoms with Gasteiger partial charge in [-0.2, -0.15) is 0 Å². The topological polar surface area (TPSA) is 61.5 Å². The molecule has 5 heteroatoms. The molecule has 1 aromatic rings. The van der Waals surface area contributed by atoms with Gasteiger partial charge in [0.2, 0.25) is 0 Å². The van der Waals surface area contributed by atoms with Crippen LogP contribution < -0.4 is 5.73 Å². The highest BCUT2D eigenvalue weighted by Gasteiger charge is 2.18. The molecule has 1 aromatic heterocycles. The van der Waals surface area contributed by atoms with Crippen LogP contribution in [0.15, 0.2) is 12.1 Å². The van der Waals surface area contributed by atoms with Crippen molar-refractivity contribution in [2.24, 2.45) is 5.73 Å². The first kappa shape index (κ1) is 16.1. The van der Waals surface area contributed by atoms with Crippen molar-refractivity contribution in [3.05, 3.63) is 21.9 Å². The smallest absolute Gasteiger partial charge is 0.332 e. The molecule has 0 bridgehead atoms. The van der Waals surface area contributed by atoms with E-state index in [1.54, 1.807) is 18.3 Å². The van der Waals surface area contributed by atoms with E-state index < -0.39 is 0 Å². The van der Waals surface area contributed by atoms with Gasteiger partial charge in [0, 0.05) is 9.75 Å². The fourth-order valence-corrected chi connectivity index (χ4v) is 2.56. The standard InChI is InChI=1S/C14H23NO3S/c1-5-18-13(16)9-17-8-10(15)11-6-7-12(19-11)14(2,3)4/h6-7,10H,5,8-9,15H2,1-4H3. The summed E-state index contributed by atoms with van der Waals surface area (Å²) in [6, 6.07) is 3.94. The quantitative estimate of drug-likeness (QED) is 0.816. The molecule has 2 N–H and O–H groups in total. The molecule has 0 saturated heterocycles. The molecule has 19 heavy (non-hydrogen) atoms. The number of rotatable bonds is 6. The predicted molar refractivity (Wildman–Crippen MR) is 77.4 cm³/mol. The van der Waals surface area contributed by atoms with Gasteiger partial charge in [-0.05, 0) is 24.5 Å². The maximum absolute atomic E-state index is 11.1. The molecule has 0 aliphatic carbocycles. The lowest BCUT2D eigenvalue weighted by Crippen LogP contribution is -2.20. The van der Waals surface area contributed by atoms with Crippen molar-refractivity contribution in [1.29, 1.82) is 0 Å². The Kier molecular flexibility index (Phi) is 5.97. The predicted octanol–water partition coefficient (Wildman–Crippen LogP) is 2.63. The molecule has 4 nitrogen and oxygen atoms in total. The highest BCUT2D eigenvalue weighted by Crippen LogP contribution is 2.31. The fraction of sp³-hybridized carbons (Fsp3) is 0.643. The van der Waals surface area contributed by atoms with Crippen LogP contribution in [-0.4, -0.2) is 25.8 Å². The van der Waals surface area contributed by atoms with Crippen molar-refractivity contribution < 1.29 is 14.3 Å². The maximum Gasteiger partial charge on any atom is 0.332 e. The highest BCUT2D eigenvalue weighted by atomic mass is 32.1. The second kappa shape index (κ2) is 7.03. The molecule has 0 aliphatic rings. The van der Waals surface area contributed by atoms with Crippen LogP contribution in [0.3, 0.4) is 0 Å². The van der Waals surface area contributed by atoms with Crippen LogP contribution in [0.5, 0.6) is 0 Å². The molecule has 0 amide bonds. The molecule has 0 fully saturated rings. The number of esters is 1. The van der Waals surface area contributed by atoms with Crippen LogP contribution in [-0.2, 0) is 19.7 Å². The molecular formula is C14H23NO3S. The minimum absolute atomic E-state index is 0.0426. The Labute approximate surface area is 118 Å². The molecule has 0 radical (unpaired) electrons. The molecule has 108 valence electrons. The minimum atomic E-state index is -0.351. The molecule has 1 unspecified atom stereocenters. The van der Waals surface area contributed by atoms with Crippen LogP contribution in [0.25, 0.3) is 0 Å². The van der Waals surface area contributed by atoms with Crippen molar-refractivity contribution in [2.75, 3.05) is 19.8 Å². The van der Waals surface area contributed by atoms with Crippen molar-refractivity contribution in [1.82, 2.24) is 0 Å². The molecule has 0 aliphatic heterocycles. The number of nitrogens with two attached hydrogens (primary N) is 1. The average molecular weight is 285 g/mol. The van der Waals surface area contributed by atoms with E-state index in [2.05, 4.69) is 26.8 Å². The zero-order valence-electron chi connectivity index (χ0n) is 12.1. The van der Waals surface area contributed by atoms with Gasteiger partial charge in [-0.25, -0.2) is 4.79 Å². The van der Waals surface area contributed by atoms with Gasteiger partial charge in [-0.15, -0.1) is 11.3 Å². The summed E-state index contributed by atoms with van der Waals surface area (Å²) in [5, 5.41) is 0. The molecular weight excluding hydrogens is 262 g/mol. The van der Waals surface area contributed by atoms with E-state index in [1.807, 2.05) is 6.07 Å². The first-order valence-electron chi connectivity index (χ1n) is 6.43. The zero-order chi connectivity index (χ0) is 14.5. The Bertz CT molecular complexity index is 409. The molecule has 1 atom stereocenters. The Morgan fingerprint density at radius 2 is 2.11 bits per heavy atom. The molecule has 0 spiro atoms. The van der Waals surface area contributed by atoms with Gasteiger partial charge in [-0.3, -0.25) is 0 Å². The number of carbonyl (C=O) groups is 1. The van der Waals surface area contributed by atoms with E-state index in [0.29, 0.717) is 13.2 Å². The summed E-state index contributed by atoms with van der Waals surface area (Å²) in [4.78, 5) is 13.5. The van der Waals surface area contributed by atoms with Gasteiger partial charge in [0.05, 0.1) is 19.3 Å². The zero-order valence-corrected chi connectivity index (χ0v) is 12.9. The van der Waals surface area contributed by atoms with E-state index in [4.69, 9.17) is 15.2 Å². The lowest BCUT2D eigenvalue weighted by Gasteiger charge is -2.16. The fourth-order valence-electron chi connectivity index (χ4n) is 1.51. The van der Waals surface area contributed by atoms with Crippen LogP contribution in [0.1, 0.15) is 43.5 Å². The van der Waals surface area contributed by atoms with Gasteiger partial charge < -0.3 is 15.2 Å². The van der Waals surface area contributed by atoms with Gasteiger partial charge in [0.15, 0.2) is 0 Å². The molecule has 0 saturated carbocycles. The van der Waals surface area contributed by atoms with Crippen LogP contribution in [0.4, 0.5) is 0 Å². The van der Waals surface area contributed by atoms with Crippen molar-refractivity contribution in [3.63, 3.8) is 0 Å². The third-order valence-electron chi connectivity index (χ3n) is 2.55. The first-order valence-corrected chi connectivity index (χ1v) is 7.25. The van der Waals surface area contributed by atoms with E-state index in [9.17, 15) is 4.79 Å². The van der Waals surface area contributed by atoms with Gasteiger partial charge in [-0.1, -0.05) is 20.8 Å². The minimum Gasteiger partial charge on any atom is -0.464 e. The van der Waals surface area contributed by atoms with Crippen LogP contribution in [0.2, 0.25) is 0 Å². The summed E-state index contributed by atoms with van der Waals surface area (Å²) in [6.07, 6.45) is 0. The van der Waals surface area contributed by atoms with E-state index in [1.165, 1.54) is 4.88 Å². The molecule has 0 aromatic carbocycles. The van der Waals surface area contributed by atoms with Crippen LogP contribution >= 0.6 is 11.3 Å². The van der Waals surface area contributed by atoms with Crippen molar-refractivity contribution in [3.8, 4) is 0 Å². The first-order chi connectivity index (χ1) is 8.84. The highest BCUT2D eigenvalue weighted by molar-refractivity contribution is 7.12. The normalized spacial score (nSPS) is 13.3. The molecule has 1 rings (SSSR count). The van der Waals surface area contributed by atoms with Crippen LogP contribution in [0, 0.1) is 0 Å². The second-order valence-electron chi connectivity index (χ2n) is 5.38. The van der Waals surface area contributed by atoms with E-state index in [-0.39, 0.29) is 24.0 Å². The number of carbonyl (C=O) groups excluding carboxylic acids is 1. The lowest BCUT2D eigenvalue weighted by molar-refractivity contribution is -0.148. The summed E-state index contributed by atoms with van der Waals surface area (Å²) in [6.45, 7) is 8.93. The number of thiophene rings is 1. The van der Waals surface area contributed by atoms with Gasteiger partial charge in [0.1, 0.15) is 6.61 Å². The summed E-state index contributed by atoms with van der Waals surface area (Å²) in [5.41, 5.74) is 6.18. The number of ether oxygens (including phenoxy) is 2. The average Bonchev–Trinajstić information content (AvgIpc) is 2.78. The number of hydrogen-bond acceptors (Lipinski definition) is 5. The number of hydrogen-bond donors (Lipinski definition) is 1. The summed E-state index contributed by atoms with van der Waals surface area (Å²) in [5.74, 6) is -0.351. The Hall–Kier alpha value is -0.910. The van der Waals surface area contributed by atoms with Crippen molar-refractivity contribution in [2.45, 2.75) is 39.2 Å². The molecule has 1 heterocycles. The third-order valence-corrected chi connectivity index (χ3v) is 4.20. The maximum atomic E-state index is 11.1. The van der Waals surface area contributed by atoms with Gasteiger partial charge >= 0.3 is 5.97 Å². The third kappa shape index (κ3) is 5.30. The second-order valence-corrected chi connectivity index (χ2v) is 6.49. The summed E-state index contributed by atoms with van der Waals surface area (Å²) >= 11 is 1.70. The Balaban J connectivity index is 2.43. The lowest BCUT2D eigenvalue weighted by atomic mass is 9.95. The summed E-state index contributed by atoms with van der Waals surface area (Å²) in [7, 11) is 0. The van der Waals surface area contributed by atoms with Gasteiger partial charge in [0.25, 0.3) is 0 Å². The SMILES string of the molecule is CCOC(=O)COCC(N)c1ccc(C(C)(C)C)s1. The van der Waals surface area contributed by atoms with E-state index in [0.717, 1.165) is 4.88 Å². The Morgan fingerprint density at radius 1 is 1.42 bits per heavy atom. The summed E-state index contributed by atoms with van der Waals surface area (Å²) < 4.78 is 10.0. The largest absolute Gasteiger partial charge is 0.464 e. The van der Waals surface area contributed by atoms with Crippen molar-refractivity contribution >= 4 is 17.3 Å².